The highest BCUT2D eigenvalue weighted by molar-refractivity contribution is 5.95. The van der Waals surface area contributed by atoms with Gasteiger partial charge in [0.05, 0.1) is 0 Å². The molecule has 0 amide bonds. The fourth-order valence-electron chi connectivity index (χ4n) is 4.71. The van der Waals surface area contributed by atoms with Gasteiger partial charge in [0.15, 0.2) is 5.78 Å². The molecule has 0 radical (unpaired) electrons. The monoisotopic (exact) mass is 439 g/mol. The first-order valence-corrected chi connectivity index (χ1v) is 10.9. The van der Waals surface area contributed by atoms with Crippen LogP contribution in [0.3, 0.4) is 0 Å². The van der Waals surface area contributed by atoms with E-state index in [0.29, 0.717) is 11.1 Å². The van der Waals surface area contributed by atoms with Gasteiger partial charge in [-0.25, -0.2) is 9.18 Å². The maximum atomic E-state index is 14.6. The number of nitrogens with one attached hydrogen (secondary N) is 1. The van der Waals surface area contributed by atoms with Crippen molar-refractivity contribution in [1.29, 1.82) is 0 Å². The van der Waals surface area contributed by atoms with Crippen LogP contribution in [0.4, 0.5) is 14.9 Å². The number of anilines is 1. The third-order valence-electron chi connectivity index (χ3n) is 6.32. The van der Waals surface area contributed by atoms with Crippen LogP contribution < -0.4 is 5.32 Å². The lowest BCUT2D eigenvalue weighted by Crippen LogP contribution is -2.11. The van der Waals surface area contributed by atoms with E-state index >= 15 is 0 Å². The fourth-order valence-corrected chi connectivity index (χ4v) is 4.71. The quantitative estimate of drug-likeness (QED) is 0.301. The molecule has 5 nitrogen and oxygen atoms in total. The fraction of sp³-hybridized carbons (Fsp3) is 0.385. The van der Waals surface area contributed by atoms with Crippen molar-refractivity contribution in [2.24, 2.45) is 0 Å². The average molecular weight is 440 g/mol. The van der Waals surface area contributed by atoms with E-state index in [1.54, 1.807) is 13.0 Å². The number of hydrogen-bond donors (Lipinski definition) is 2. The zero-order valence-electron chi connectivity index (χ0n) is 19.3. The smallest absolute Gasteiger partial charge is 0.450 e. The Kier molecular flexibility index (Phi) is 7.02. The van der Waals surface area contributed by atoms with Crippen molar-refractivity contribution in [1.82, 2.24) is 0 Å². The Morgan fingerprint density at radius 3 is 2.59 bits per heavy atom. The summed E-state index contributed by atoms with van der Waals surface area (Å²) in [5, 5.41) is 12.1. The van der Waals surface area contributed by atoms with Gasteiger partial charge in [0, 0.05) is 23.0 Å². The summed E-state index contributed by atoms with van der Waals surface area (Å²) in [6.07, 6.45) is 5.97. The van der Waals surface area contributed by atoms with Crippen LogP contribution in [0.5, 0.6) is 0 Å². The summed E-state index contributed by atoms with van der Waals surface area (Å²) >= 11 is 0. The minimum absolute atomic E-state index is 0.196. The summed E-state index contributed by atoms with van der Waals surface area (Å²) in [4.78, 5) is 22.8. The lowest BCUT2D eigenvalue weighted by Gasteiger charge is -2.26. The summed E-state index contributed by atoms with van der Waals surface area (Å²) in [5.74, 6) is -0.428. The largest absolute Gasteiger partial charge is 0.506 e. The van der Waals surface area contributed by atoms with Gasteiger partial charge in [0.1, 0.15) is 12.4 Å². The highest BCUT2D eigenvalue weighted by Gasteiger charge is 2.27. The average Bonchev–Trinajstić information content (AvgIpc) is 2.88. The number of ketones is 1. The first-order valence-electron chi connectivity index (χ1n) is 10.9. The van der Waals surface area contributed by atoms with E-state index < -0.39 is 6.16 Å². The topological polar surface area (TPSA) is 75.6 Å². The number of rotatable bonds is 6. The van der Waals surface area contributed by atoms with Crippen molar-refractivity contribution in [2.75, 3.05) is 11.9 Å². The molecule has 0 saturated carbocycles. The molecule has 0 saturated heterocycles. The van der Waals surface area contributed by atoms with E-state index in [9.17, 15) is 14.0 Å². The van der Waals surface area contributed by atoms with Crippen LogP contribution in [0.2, 0.25) is 0 Å². The van der Waals surface area contributed by atoms with Crippen LogP contribution in [0.15, 0.2) is 46.2 Å². The second kappa shape index (κ2) is 9.55. The molecule has 1 aromatic rings. The summed E-state index contributed by atoms with van der Waals surface area (Å²) in [6.45, 7) is 8.82. The Morgan fingerprint density at radius 2 is 1.97 bits per heavy atom. The van der Waals surface area contributed by atoms with E-state index in [1.807, 2.05) is 26.1 Å². The minimum atomic E-state index is -1.42. The van der Waals surface area contributed by atoms with Crippen molar-refractivity contribution in [3.8, 4) is 0 Å². The van der Waals surface area contributed by atoms with Crippen molar-refractivity contribution < 1.29 is 23.8 Å². The minimum Gasteiger partial charge on any atom is -0.450 e. The predicted octanol–water partition coefficient (Wildman–Crippen LogP) is 6.49. The van der Waals surface area contributed by atoms with Gasteiger partial charge in [-0.15, -0.1) is 0 Å². The van der Waals surface area contributed by atoms with Gasteiger partial charge >= 0.3 is 6.16 Å². The number of carboxylic acid groups (broad SMARTS) is 1. The summed E-state index contributed by atoms with van der Waals surface area (Å²) < 4.78 is 19.2. The first kappa shape index (κ1) is 23.5. The number of allylic oxidation sites excluding steroid dienone is 6. The van der Waals surface area contributed by atoms with E-state index in [2.05, 4.69) is 17.0 Å². The Balaban J connectivity index is 2.12. The van der Waals surface area contributed by atoms with Crippen LogP contribution in [0.25, 0.3) is 5.57 Å². The maximum absolute atomic E-state index is 14.6. The molecule has 1 aromatic carbocycles. The lowest BCUT2D eigenvalue weighted by molar-refractivity contribution is -0.114. The van der Waals surface area contributed by atoms with Gasteiger partial charge in [0.25, 0.3) is 0 Å². The van der Waals surface area contributed by atoms with Crippen LogP contribution >= 0.6 is 0 Å². The van der Waals surface area contributed by atoms with Crippen molar-refractivity contribution >= 4 is 23.2 Å². The highest BCUT2D eigenvalue weighted by atomic mass is 19.1. The molecule has 0 unspecified atom stereocenters. The molecule has 0 atom stereocenters. The van der Waals surface area contributed by atoms with Gasteiger partial charge in [-0.1, -0.05) is 13.0 Å². The van der Waals surface area contributed by atoms with Crippen LogP contribution in [0.1, 0.15) is 63.6 Å². The molecule has 1 aliphatic carbocycles. The second-order valence-corrected chi connectivity index (χ2v) is 8.35. The molecule has 0 fully saturated rings. The van der Waals surface area contributed by atoms with E-state index in [4.69, 9.17) is 5.11 Å². The van der Waals surface area contributed by atoms with Gasteiger partial charge < -0.3 is 15.2 Å². The predicted molar refractivity (Wildman–Crippen MR) is 124 cm³/mol. The third-order valence-corrected chi connectivity index (χ3v) is 6.32. The molecular weight excluding hydrogens is 409 g/mol. The highest BCUT2D eigenvalue weighted by Crippen LogP contribution is 2.45. The zero-order valence-corrected chi connectivity index (χ0v) is 19.3. The van der Waals surface area contributed by atoms with E-state index in [1.165, 1.54) is 18.1 Å². The summed E-state index contributed by atoms with van der Waals surface area (Å²) in [6, 6.07) is 1.58. The molecule has 32 heavy (non-hydrogen) atoms. The van der Waals surface area contributed by atoms with Crippen molar-refractivity contribution in [3.63, 3.8) is 0 Å². The molecule has 0 spiro atoms. The molecule has 3 rings (SSSR count). The number of carbonyl (C=O) groups is 2. The molecule has 0 bridgehead atoms. The zero-order chi connectivity index (χ0) is 23.6. The standard InChI is InChI=1S/C26H30FNO4/c1-6-18-20-9-7-8-19-16(4)23(27)11-24(25(19)20)28-12-21(18)14(2)10-15(3)22(17(5)29)13-32-26(30)31/h10-12,28H,6-9,13H2,1-5H3,(H,30,31)/b14-10+,22-15-. The van der Waals surface area contributed by atoms with Crippen LogP contribution in [-0.2, 0) is 16.0 Å². The molecule has 6 heteroatoms. The van der Waals surface area contributed by atoms with Crippen LogP contribution in [0, 0.1) is 12.7 Å². The normalized spacial score (nSPS) is 16.4. The Hall–Kier alpha value is -3.15. The number of benzene rings is 1. The summed E-state index contributed by atoms with van der Waals surface area (Å²) in [7, 11) is 0. The second-order valence-electron chi connectivity index (χ2n) is 8.35. The number of carbonyl (C=O) groups excluding carboxylic acids is 1. The van der Waals surface area contributed by atoms with Crippen molar-refractivity contribution in [3.05, 3.63) is 68.7 Å². The number of Topliss-reactive ketones (excluding diaryl/α,β-unsaturated/α-hetero) is 1. The molecule has 2 aliphatic rings. The van der Waals surface area contributed by atoms with E-state index in [0.717, 1.165) is 59.2 Å². The lowest BCUT2D eigenvalue weighted by atomic mass is 9.79. The van der Waals surface area contributed by atoms with Gasteiger partial charge in [-0.3, -0.25) is 4.79 Å². The molecule has 1 heterocycles. The summed E-state index contributed by atoms with van der Waals surface area (Å²) in [5.41, 5.74) is 9.08. The van der Waals surface area contributed by atoms with Crippen LogP contribution in [-0.4, -0.2) is 23.7 Å². The molecule has 0 aromatic heterocycles. The van der Waals surface area contributed by atoms with Crippen molar-refractivity contribution in [2.45, 2.75) is 60.3 Å². The SMILES string of the molecule is CCC1=C2CCCc3c(C)c(F)cc(c32)NC=C1/C(C)=C/C(C)=C(/COC(=O)O)C(C)=O. The van der Waals surface area contributed by atoms with E-state index in [-0.39, 0.29) is 18.2 Å². The number of ether oxygens (including phenoxy) is 1. The molecular formula is C26H30FNO4. The number of halogens is 1. The Morgan fingerprint density at radius 1 is 1.25 bits per heavy atom. The third kappa shape index (κ3) is 4.54. The maximum Gasteiger partial charge on any atom is 0.506 e. The molecule has 170 valence electrons. The first-order chi connectivity index (χ1) is 15.1. The molecule has 1 aliphatic heterocycles. The Labute approximate surface area is 188 Å². The Bertz CT molecular complexity index is 1110. The number of hydrogen-bond acceptors (Lipinski definition) is 4. The van der Waals surface area contributed by atoms with Gasteiger partial charge in [0.2, 0.25) is 0 Å². The van der Waals surface area contributed by atoms with Gasteiger partial charge in [-0.05, 0) is 98.4 Å². The van der Waals surface area contributed by atoms with Gasteiger partial charge in [-0.2, -0.15) is 0 Å². The molecule has 2 N–H and O–H groups in total.